The first-order chi connectivity index (χ1) is 15.6. The number of aromatic nitrogens is 4. The van der Waals surface area contributed by atoms with E-state index in [4.69, 9.17) is 9.26 Å². The lowest BCUT2D eigenvalue weighted by molar-refractivity contribution is -0.131. The van der Waals surface area contributed by atoms with Crippen LogP contribution in [-0.4, -0.2) is 69.7 Å². The van der Waals surface area contributed by atoms with Gasteiger partial charge in [0.15, 0.2) is 0 Å². The van der Waals surface area contributed by atoms with Crippen LogP contribution in [0.25, 0.3) is 11.4 Å². The molecule has 1 saturated heterocycles. The Kier molecular flexibility index (Phi) is 6.69. The van der Waals surface area contributed by atoms with Crippen LogP contribution >= 0.6 is 0 Å². The number of pyridine rings is 2. The molecule has 4 heterocycles. The van der Waals surface area contributed by atoms with Crippen LogP contribution < -0.4 is 4.90 Å². The van der Waals surface area contributed by atoms with E-state index in [9.17, 15) is 9.59 Å². The monoisotopic (exact) mass is 436 g/mol. The average Bonchev–Trinajstić information content (AvgIpc) is 3.33. The number of ether oxygens (including phenoxy) is 1. The standard InChI is InChI=1S/C22H24N6O4/c1-2-31-22(30)17-3-4-18(24-15-17)27-11-13-28(14-12-27)20(29)6-5-19-25-21(26-32-19)16-7-9-23-10-8-16/h3-4,7-10,15H,2,5-6,11-14H2,1H3. The lowest BCUT2D eigenvalue weighted by atomic mass is 10.2. The van der Waals surface area contributed by atoms with Gasteiger partial charge in [-0.25, -0.2) is 9.78 Å². The maximum absolute atomic E-state index is 12.6. The summed E-state index contributed by atoms with van der Waals surface area (Å²) in [5.74, 6) is 1.38. The van der Waals surface area contributed by atoms with Gasteiger partial charge in [-0.05, 0) is 31.2 Å². The van der Waals surface area contributed by atoms with Gasteiger partial charge in [-0.1, -0.05) is 5.16 Å². The largest absolute Gasteiger partial charge is 0.462 e. The predicted octanol–water partition coefficient (Wildman–Crippen LogP) is 1.98. The smallest absolute Gasteiger partial charge is 0.339 e. The molecule has 1 fully saturated rings. The second kappa shape index (κ2) is 9.99. The van der Waals surface area contributed by atoms with Crippen molar-refractivity contribution in [1.29, 1.82) is 0 Å². The number of anilines is 1. The number of hydrogen-bond acceptors (Lipinski definition) is 9. The van der Waals surface area contributed by atoms with Crippen LogP contribution in [0.15, 0.2) is 47.4 Å². The number of hydrogen-bond donors (Lipinski definition) is 0. The molecule has 1 amide bonds. The zero-order chi connectivity index (χ0) is 22.3. The normalized spacial score (nSPS) is 13.8. The second-order valence-electron chi connectivity index (χ2n) is 7.24. The number of rotatable bonds is 7. The Morgan fingerprint density at radius 3 is 2.56 bits per heavy atom. The first-order valence-electron chi connectivity index (χ1n) is 10.5. The molecule has 10 nitrogen and oxygen atoms in total. The van der Waals surface area contributed by atoms with Crippen molar-refractivity contribution >= 4 is 17.7 Å². The maximum Gasteiger partial charge on any atom is 0.339 e. The average molecular weight is 436 g/mol. The number of amides is 1. The minimum absolute atomic E-state index is 0.0546. The maximum atomic E-state index is 12.6. The number of esters is 1. The molecule has 0 spiro atoms. The Morgan fingerprint density at radius 1 is 1.09 bits per heavy atom. The molecule has 0 atom stereocenters. The third-order valence-electron chi connectivity index (χ3n) is 5.17. The van der Waals surface area contributed by atoms with Gasteiger partial charge < -0.3 is 19.1 Å². The summed E-state index contributed by atoms with van der Waals surface area (Å²) in [6.45, 7) is 4.64. The van der Waals surface area contributed by atoms with E-state index in [1.54, 1.807) is 43.6 Å². The number of piperazine rings is 1. The van der Waals surface area contributed by atoms with E-state index in [0.29, 0.717) is 62.9 Å². The quantitative estimate of drug-likeness (QED) is 0.513. The lowest BCUT2D eigenvalue weighted by Gasteiger charge is -2.35. The van der Waals surface area contributed by atoms with Crippen molar-refractivity contribution in [3.05, 3.63) is 54.3 Å². The summed E-state index contributed by atoms with van der Waals surface area (Å²) >= 11 is 0. The van der Waals surface area contributed by atoms with Crippen molar-refractivity contribution in [3.8, 4) is 11.4 Å². The van der Waals surface area contributed by atoms with E-state index in [0.717, 1.165) is 11.4 Å². The van der Waals surface area contributed by atoms with E-state index in [1.165, 1.54) is 6.20 Å². The molecule has 3 aromatic rings. The molecule has 0 bridgehead atoms. The van der Waals surface area contributed by atoms with E-state index in [-0.39, 0.29) is 11.9 Å². The van der Waals surface area contributed by atoms with Gasteiger partial charge in [-0.2, -0.15) is 4.98 Å². The SMILES string of the molecule is CCOC(=O)c1ccc(N2CCN(C(=O)CCc3nc(-c4ccncc4)no3)CC2)nc1. The van der Waals surface area contributed by atoms with E-state index in [2.05, 4.69) is 25.0 Å². The van der Waals surface area contributed by atoms with Gasteiger partial charge in [0.05, 0.1) is 12.2 Å². The highest BCUT2D eigenvalue weighted by Crippen LogP contribution is 2.17. The van der Waals surface area contributed by atoms with Crippen LogP contribution in [0.2, 0.25) is 0 Å². The van der Waals surface area contributed by atoms with Crippen molar-refractivity contribution in [1.82, 2.24) is 25.0 Å². The third-order valence-corrected chi connectivity index (χ3v) is 5.17. The molecule has 1 aliphatic heterocycles. The van der Waals surface area contributed by atoms with Gasteiger partial charge >= 0.3 is 5.97 Å². The van der Waals surface area contributed by atoms with Crippen molar-refractivity contribution in [2.75, 3.05) is 37.7 Å². The van der Waals surface area contributed by atoms with Gasteiger partial charge in [-0.3, -0.25) is 9.78 Å². The Morgan fingerprint density at radius 2 is 1.88 bits per heavy atom. The van der Waals surface area contributed by atoms with Crippen molar-refractivity contribution < 1.29 is 18.8 Å². The molecule has 166 valence electrons. The van der Waals surface area contributed by atoms with Crippen LogP contribution in [0.4, 0.5) is 5.82 Å². The minimum atomic E-state index is -0.379. The third kappa shape index (κ3) is 5.08. The molecule has 1 aliphatic rings. The first kappa shape index (κ1) is 21.4. The summed E-state index contributed by atoms with van der Waals surface area (Å²) in [5.41, 5.74) is 1.25. The first-order valence-corrected chi connectivity index (χ1v) is 10.5. The summed E-state index contributed by atoms with van der Waals surface area (Å²) in [6.07, 6.45) is 5.56. The lowest BCUT2D eigenvalue weighted by Crippen LogP contribution is -2.49. The van der Waals surface area contributed by atoms with Crippen molar-refractivity contribution in [3.63, 3.8) is 0 Å². The van der Waals surface area contributed by atoms with Crippen LogP contribution in [0.1, 0.15) is 29.6 Å². The van der Waals surface area contributed by atoms with Crippen LogP contribution in [0, 0.1) is 0 Å². The molecular weight excluding hydrogens is 412 g/mol. The van der Waals surface area contributed by atoms with Gasteiger partial charge in [0.25, 0.3) is 0 Å². The topological polar surface area (TPSA) is 115 Å². The van der Waals surface area contributed by atoms with E-state index < -0.39 is 0 Å². The Hall–Kier alpha value is -3.82. The molecule has 0 N–H and O–H groups in total. The highest BCUT2D eigenvalue weighted by atomic mass is 16.5. The zero-order valence-electron chi connectivity index (χ0n) is 17.8. The Bertz CT molecular complexity index is 1050. The fraction of sp³-hybridized carbons (Fsp3) is 0.364. The number of aryl methyl sites for hydroxylation is 1. The molecule has 10 heteroatoms. The van der Waals surface area contributed by atoms with Gasteiger partial charge in [-0.15, -0.1) is 0 Å². The summed E-state index contributed by atoms with van der Waals surface area (Å²) in [6, 6.07) is 7.12. The highest BCUT2D eigenvalue weighted by Gasteiger charge is 2.22. The summed E-state index contributed by atoms with van der Waals surface area (Å²) < 4.78 is 10.2. The van der Waals surface area contributed by atoms with E-state index in [1.807, 2.05) is 4.90 Å². The fourth-order valence-corrected chi connectivity index (χ4v) is 3.44. The van der Waals surface area contributed by atoms with Gasteiger partial charge in [0, 0.05) is 63.2 Å². The molecule has 0 radical (unpaired) electrons. The number of nitrogens with zero attached hydrogens (tertiary/aromatic N) is 6. The fourth-order valence-electron chi connectivity index (χ4n) is 3.44. The molecule has 3 aromatic heterocycles. The van der Waals surface area contributed by atoms with Gasteiger partial charge in [0.1, 0.15) is 5.82 Å². The van der Waals surface area contributed by atoms with Crippen LogP contribution in [0.5, 0.6) is 0 Å². The summed E-state index contributed by atoms with van der Waals surface area (Å²) in [4.78, 5) is 41.0. The molecule has 0 aliphatic carbocycles. The van der Waals surface area contributed by atoms with Crippen molar-refractivity contribution in [2.45, 2.75) is 19.8 Å². The van der Waals surface area contributed by atoms with Crippen LogP contribution in [-0.2, 0) is 16.0 Å². The Labute approximate surface area is 185 Å². The predicted molar refractivity (Wildman–Crippen MR) is 115 cm³/mol. The molecular formula is C22H24N6O4. The molecule has 4 rings (SSSR count). The zero-order valence-corrected chi connectivity index (χ0v) is 17.8. The molecule has 0 saturated carbocycles. The summed E-state index contributed by atoms with van der Waals surface area (Å²) in [7, 11) is 0. The highest BCUT2D eigenvalue weighted by molar-refractivity contribution is 5.89. The second-order valence-corrected chi connectivity index (χ2v) is 7.24. The van der Waals surface area contributed by atoms with E-state index >= 15 is 0 Å². The molecule has 0 unspecified atom stereocenters. The molecule has 32 heavy (non-hydrogen) atoms. The van der Waals surface area contributed by atoms with Crippen molar-refractivity contribution in [2.24, 2.45) is 0 Å². The number of carbonyl (C=O) groups excluding carboxylic acids is 2. The van der Waals surface area contributed by atoms with Gasteiger partial charge in [0.2, 0.25) is 17.6 Å². The van der Waals surface area contributed by atoms with Crippen LogP contribution in [0.3, 0.4) is 0 Å². The molecule has 0 aromatic carbocycles. The Balaban J connectivity index is 1.25. The number of carbonyl (C=O) groups is 2. The summed E-state index contributed by atoms with van der Waals surface area (Å²) in [5, 5.41) is 3.97. The minimum Gasteiger partial charge on any atom is -0.462 e.